The number of fused-ring (bicyclic) bond motifs is 1. The van der Waals surface area contributed by atoms with Crippen LogP contribution >= 0.6 is 11.3 Å². The van der Waals surface area contributed by atoms with Gasteiger partial charge in [0, 0.05) is 43.6 Å². The summed E-state index contributed by atoms with van der Waals surface area (Å²) >= 11 is 1.52. The molecule has 128 valence electrons. The van der Waals surface area contributed by atoms with E-state index in [1.54, 1.807) is 16.7 Å². The predicted octanol–water partition coefficient (Wildman–Crippen LogP) is 3.22. The predicted molar refractivity (Wildman–Crippen MR) is 101 cm³/mol. The van der Waals surface area contributed by atoms with Crippen molar-refractivity contribution >= 4 is 45.4 Å². The van der Waals surface area contributed by atoms with Crippen LogP contribution in [0.2, 0.25) is 0 Å². The number of aromatic hydroxyl groups is 1. The second-order valence-corrected chi connectivity index (χ2v) is 6.92. The molecule has 0 radical (unpaired) electrons. The molecular weight excluding hydrogens is 336 g/mol. The van der Waals surface area contributed by atoms with E-state index in [1.165, 1.54) is 11.3 Å². The van der Waals surface area contributed by atoms with Crippen LogP contribution in [0.5, 0.6) is 5.75 Å². The highest BCUT2D eigenvalue weighted by Crippen LogP contribution is 2.26. The Bertz CT molecular complexity index is 960. The summed E-state index contributed by atoms with van der Waals surface area (Å²) in [6.45, 7) is -0.102. The first kappa shape index (κ1) is 17.0. The molecule has 0 aliphatic heterocycles. The molecule has 0 aliphatic carbocycles. The number of hydrogen-bond donors (Lipinski definition) is 2. The number of phenols is 1. The number of rotatable bonds is 5. The van der Waals surface area contributed by atoms with Crippen molar-refractivity contribution in [3.8, 4) is 5.75 Å². The number of thiazole rings is 1. The van der Waals surface area contributed by atoms with Crippen LogP contribution in [0.15, 0.2) is 42.5 Å². The summed E-state index contributed by atoms with van der Waals surface area (Å²) in [6.07, 6.45) is 3.65. The van der Waals surface area contributed by atoms with Crippen LogP contribution in [0.4, 0.5) is 5.69 Å². The lowest BCUT2D eigenvalue weighted by atomic mass is 10.1. The van der Waals surface area contributed by atoms with Crippen molar-refractivity contribution in [2.24, 2.45) is 0 Å². The van der Waals surface area contributed by atoms with E-state index < -0.39 is 5.97 Å². The maximum absolute atomic E-state index is 11.2. The molecule has 2 N–H and O–H groups in total. The van der Waals surface area contributed by atoms with Crippen LogP contribution in [-0.2, 0) is 11.3 Å². The lowest BCUT2D eigenvalue weighted by Gasteiger charge is -2.13. The van der Waals surface area contributed by atoms with Crippen LogP contribution in [0.3, 0.4) is 0 Å². The number of aromatic nitrogens is 1. The summed E-state index contributed by atoms with van der Waals surface area (Å²) in [4.78, 5) is 13.1. The number of carbonyl (C=O) groups is 1. The first-order valence-corrected chi connectivity index (χ1v) is 8.59. The second-order valence-electron chi connectivity index (χ2n) is 5.86. The van der Waals surface area contributed by atoms with E-state index in [9.17, 15) is 15.0 Å². The van der Waals surface area contributed by atoms with Crippen molar-refractivity contribution in [1.29, 1.82) is 0 Å². The maximum Gasteiger partial charge on any atom is 0.370 e. The third-order valence-electron chi connectivity index (χ3n) is 3.87. The molecule has 5 nitrogen and oxygen atoms in total. The lowest BCUT2D eigenvalue weighted by Crippen LogP contribution is -2.39. The van der Waals surface area contributed by atoms with E-state index in [-0.39, 0.29) is 12.3 Å². The number of para-hydroxylation sites is 1. The summed E-state index contributed by atoms with van der Waals surface area (Å²) in [7, 11) is 3.83. The van der Waals surface area contributed by atoms with E-state index in [4.69, 9.17) is 0 Å². The summed E-state index contributed by atoms with van der Waals surface area (Å²) in [5.74, 6) is -0.699. The minimum atomic E-state index is -0.888. The third kappa shape index (κ3) is 3.64. The third-order valence-corrected chi connectivity index (χ3v) is 5.00. The summed E-state index contributed by atoms with van der Waals surface area (Å²) in [5, 5.41) is 20.2. The van der Waals surface area contributed by atoms with Crippen molar-refractivity contribution < 1.29 is 19.6 Å². The quantitative estimate of drug-likeness (QED) is 0.690. The normalized spacial score (nSPS) is 11.3. The average molecular weight is 355 g/mol. The molecule has 0 spiro atoms. The van der Waals surface area contributed by atoms with Gasteiger partial charge in [0.25, 0.3) is 5.01 Å². The zero-order valence-corrected chi connectivity index (χ0v) is 14.8. The minimum absolute atomic E-state index is 0.102. The fourth-order valence-electron chi connectivity index (χ4n) is 2.59. The molecular formula is C19H19N2O3S+. The van der Waals surface area contributed by atoms with Gasteiger partial charge in [-0.05, 0) is 24.3 Å². The van der Waals surface area contributed by atoms with Crippen LogP contribution in [-0.4, -0.2) is 30.3 Å². The van der Waals surface area contributed by atoms with Gasteiger partial charge in [-0.2, -0.15) is 4.57 Å². The Morgan fingerprint density at radius 2 is 1.96 bits per heavy atom. The van der Waals surface area contributed by atoms with Gasteiger partial charge < -0.3 is 15.1 Å². The van der Waals surface area contributed by atoms with Gasteiger partial charge in [-0.1, -0.05) is 23.5 Å². The minimum Gasteiger partial charge on any atom is -0.507 e. The highest BCUT2D eigenvalue weighted by atomic mass is 32.1. The Labute approximate surface area is 149 Å². The van der Waals surface area contributed by atoms with E-state index >= 15 is 0 Å². The highest BCUT2D eigenvalue weighted by molar-refractivity contribution is 7.18. The van der Waals surface area contributed by atoms with Crippen molar-refractivity contribution in [1.82, 2.24) is 0 Å². The zero-order valence-electron chi connectivity index (χ0n) is 14.0. The molecule has 6 heteroatoms. The Morgan fingerprint density at radius 3 is 2.64 bits per heavy atom. The zero-order chi connectivity index (χ0) is 18.0. The fourth-order valence-corrected chi connectivity index (χ4v) is 3.65. The van der Waals surface area contributed by atoms with Crippen molar-refractivity contribution in [3.63, 3.8) is 0 Å². The largest absolute Gasteiger partial charge is 0.507 e. The highest BCUT2D eigenvalue weighted by Gasteiger charge is 2.20. The van der Waals surface area contributed by atoms with Crippen molar-refractivity contribution in [3.05, 3.63) is 53.0 Å². The van der Waals surface area contributed by atoms with Gasteiger partial charge in [-0.3, -0.25) is 0 Å². The summed E-state index contributed by atoms with van der Waals surface area (Å²) in [6, 6.07) is 13.2. The molecule has 1 heterocycles. The first-order chi connectivity index (χ1) is 12.0. The van der Waals surface area contributed by atoms with Crippen LogP contribution in [0.1, 0.15) is 10.6 Å². The summed E-state index contributed by atoms with van der Waals surface area (Å²) in [5.41, 5.74) is 2.49. The number of hydrogen-bond acceptors (Lipinski definition) is 4. The van der Waals surface area contributed by atoms with Crippen LogP contribution in [0, 0.1) is 0 Å². The Morgan fingerprint density at radius 1 is 1.20 bits per heavy atom. The molecule has 0 fully saturated rings. The number of carboxylic acid groups (broad SMARTS) is 1. The topological polar surface area (TPSA) is 64.7 Å². The Hall–Kier alpha value is -2.86. The van der Waals surface area contributed by atoms with Gasteiger partial charge >= 0.3 is 5.97 Å². The molecule has 0 atom stereocenters. The number of aliphatic carboxylic acids is 1. The molecule has 3 rings (SSSR count). The maximum atomic E-state index is 11.2. The number of nitrogens with zero attached hydrogens (tertiary/aromatic N) is 2. The van der Waals surface area contributed by atoms with Crippen molar-refractivity contribution in [2.45, 2.75) is 6.54 Å². The molecule has 0 bridgehead atoms. The molecule has 3 aromatic rings. The standard InChI is InChI=1S/C19H18N2O3S/c1-20(2)14-9-7-13(16(22)11-14)8-10-18-21(12-19(23)24)15-5-3-4-6-17(15)25-18/h3-11H,12H2,1-2H3,(H,23,24)/p+1. The van der Waals surface area contributed by atoms with E-state index in [0.717, 1.165) is 20.9 Å². The lowest BCUT2D eigenvalue weighted by molar-refractivity contribution is -0.657. The SMILES string of the molecule is CN(C)c1ccc(C=Cc2sc3ccccc3[n+]2CC(=O)O)c(O)c1. The van der Waals surface area contributed by atoms with Gasteiger partial charge in [0.2, 0.25) is 12.1 Å². The second kappa shape index (κ2) is 6.94. The van der Waals surface area contributed by atoms with Crippen LogP contribution < -0.4 is 9.47 Å². The van der Waals surface area contributed by atoms with E-state index in [1.807, 2.05) is 61.5 Å². The molecule has 1 aromatic heterocycles. The first-order valence-electron chi connectivity index (χ1n) is 7.77. The van der Waals surface area contributed by atoms with E-state index in [0.29, 0.717) is 5.56 Å². The van der Waals surface area contributed by atoms with Gasteiger partial charge in [-0.25, -0.2) is 4.79 Å². The van der Waals surface area contributed by atoms with E-state index in [2.05, 4.69) is 0 Å². The monoisotopic (exact) mass is 355 g/mol. The van der Waals surface area contributed by atoms with Gasteiger partial charge in [0.15, 0.2) is 0 Å². The molecule has 0 unspecified atom stereocenters. The molecule has 0 aliphatic rings. The molecule has 25 heavy (non-hydrogen) atoms. The summed E-state index contributed by atoms with van der Waals surface area (Å²) < 4.78 is 2.79. The number of carboxylic acids is 1. The van der Waals surface area contributed by atoms with Crippen LogP contribution in [0.25, 0.3) is 22.4 Å². The smallest absolute Gasteiger partial charge is 0.370 e. The number of benzene rings is 2. The molecule has 0 amide bonds. The molecule has 2 aromatic carbocycles. The Kier molecular flexibility index (Phi) is 4.72. The molecule has 0 saturated heterocycles. The fraction of sp³-hybridized carbons (Fsp3) is 0.158. The van der Waals surface area contributed by atoms with Crippen molar-refractivity contribution in [2.75, 3.05) is 19.0 Å². The molecule has 0 saturated carbocycles. The Balaban J connectivity index is 2.00. The average Bonchev–Trinajstić information content (AvgIpc) is 2.91. The number of anilines is 1. The van der Waals surface area contributed by atoms with Gasteiger partial charge in [0.1, 0.15) is 10.4 Å². The van der Waals surface area contributed by atoms with Gasteiger partial charge in [0.05, 0.1) is 0 Å². The number of phenolic OH excluding ortho intramolecular Hbond substituents is 1. The van der Waals surface area contributed by atoms with Gasteiger partial charge in [-0.15, -0.1) is 0 Å².